The second kappa shape index (κ2) is 6.73. The molecule has 0 spiro atoms. The monoisotopic (exact) mass is 379 g/mol. The standard InChI is InChI=1S/C20H17N3O5/c1-28-13-8-6-12(7-9-13)23-17(16(19(23)25)20(26)27)22-18(24)15-10-11-4-2-3-5-14(11)21-15/h2-10,16-17,21H,1H3,(H,22,24)(H,26,27). The zero-order valence-electron chi connectivity index (χ0n) is 14.9. The molecule has 1 aliphatic rings. The topological polar surface area (TPSA) is 112 Å². The number of methoxy groups -OCH3 is 1. The number of aliphatic carboxylic acids is 1. The van der Waals surface area contributed by atoms with Crippen LogP contribution in [0.25, 0.3) is 10.9 Å². The molecule has 0 saturated carbocycles. The van der Waals surface area contributed by atoms with Gasteiger partial charge in [-0.1, -0.05) is 18.2 Å². The number of benzene rings is 2. The fraction of sp³-hybridized carbons (Fsp3) is 0.150. The van der Waals surface area contributed by atoms with Crippen molar-refractivity contribution in [2.75, 3.05) is 12.0 Å². The number of carbonyl (C=O) groups is 3. The average molecular weight is 379 g/mol. The van der Waals surface area contributed by atoms with E-state index in [0.717, 1.165) is 10.9 Å². The number of para-hydroxylation sites is 1. The fourth-order valence-electron chi connectivity index (χ4n) is 3.32. The zero-order valence-corrected chi connectivity index (χ0v) is 14.9. The second-order valence-electron chi connectivity index (χ2n) is 6.41. The van der Waals surface area contributed by atoms with Crippen LogP contribution in [0.4, 0.5) is 5.69 Å². The molecule has 1 aliphatic heterocycles. The summed E-state index contributed by atoms with van der Waals surface area (Å²) in [4.78, 5) is 40.8. The molecule has 2 heterocycles. The molecule has 2 aromatic carbocycles. The lowest BCUT2D eigenvalue weighted by Crippen LogP contribution is -2.70. The molecule has 28 heavy (non-hydrogen) atoms. The van der Waals surface area contributed by atoms with Gasteiger partial charge in [0, 0.05) is 16.6 Å². The number of rotatable bonds is 5. The Kier molecular flexibility index (Phi) is 4.23. The van der Waals surface area contributed by atoms with Crippen LogP contribution in [0.1, 0.15) is 10.5 Å². The molecule has 1 saturated heterocycles. The molecule has 3 N–H and O–H groups in total. The van der Waals surface area contributed by atoms with E-state index in [0.29, 0.717) is 17.1 Å². The van der Waals surface area contributed by atoms with Crippen molar-refractivity contribution in [1.29, 1.82) is 0 Å². The van der Waals surface area contributed by atoms with Gasteiger partial charge in [0.2, 0.25) is 5.91 Å². The molecule has 2 amide bonds. The fourth-order valence-corrected chi connectivity index (χ4v) is 3.32. The van der Waals surface area contributed by atoms with Crippen molar-refractivity contribution in [3.05, 3.63) is 60.3 Å². The van der Waals surface area contributed by atoms with Crippen molar-refractivity contribution < 1.29 is 24.2 Å². The molecule has 2 unspecified atom stereocenters. The summed E-state index contributed by atoms with van der Waals surface area (Å²) in [6.07, 6.45) is -0.989. The first-order valence-electron chi connectivity index (χ1n) is 8.58. The Bertz CT molecular complexity index is 1040. The van der Waals surface area contributed by atoms with E-state index in [4.69, 9.17) is 4.74 Å². The number of nitrogens with zero attached hydrogens (tertiary/aromatic N) is 1. The second-order valence-corrected chi connectivity index (χ2v) is 6.41. The maximum atomic E-state index is 12.7. The minimum absolute atomic E-state index is 0.291. The number of nitrogens with one attached hydrogen (secondary N) is 2. The van der Waals surface area contributed by atoms with Crippen LogP contribution in [0.5, 0.6) is 5.75 Å². The maximum absolute atomic E-state index is 12.7. The van der Waals surface area contributed by atoms with Gasteiger partial charge in [0.25, 0.3) is 5.91 Å². The molecule has 8 heteroatoms. The maximum Gasteiger partial charge on any atom is 0.320 e. The number of ether oxygens (including phenoxy) is 1. The van der Waals surface area contributed by atoms with Crippen LogP contribution < -0.4 is 15.0 Å². The van der Waals surface area contributed by atoms with Gasteiger partial charge < -0.3 is 20.1 Å². The number of carbonyl (C=O) groups excluding carboxylic acids is 2. The van der Waals surface area contributed by atoms with E-state index < -0.39 is 29.9 Å². The Hall–Kier alpha value is -3.81. The molecule has 1 fully saturated rings. The highest BCUT2D eigenvalue weighted by atomic mass is 16.5. The number of β-lactam (4-membered cyclic amide) rings is 1. The lowest BCUT2D eigenvalue weighted by molar-refractivity contribution is -0.152. The third-order valence-electron chi connectivity index (χ3n) is 4.77. The highest BCUT2D eigenvalue weighted by molar-refractivity contribution is 6.14. The van der Waals surface area contributed by atoms with Gasteiger partial charge in [-0.05, 0) is 36.4 Å². The van der Waals surface area contributed by atoms with Gasteiger partial charge in [-0.15, -0.1) is 0 Å². The van der Waals surface area contributed by atoms with E-state index in [1.807, 2.05) is 24.3 Å². The molecular formula is C20H17N3O5. The molecule has 0 radical (unpaired) electrons. The lowest BCUT2D eigenvalue weighted by atomic mass is 9.92. The van der Waals surface area contributed by atoms with Crippen molar-refractivity contribution in [3.63, 3.8) is 0 Å². The summed E-state index contributed by atoms with van der Waals surface area (Å²) < 4.78 is 5.09. The third kappa shape index (κ3) is 2.84. The van der Waals surface area contributed by atoms with Crippen LogP contribution in [0.3, 0.4) is 0 Å². The van der Waals surface area contributed by atoms with Gasteiger partial charge in [0.1, 0.15) is 17.6 Å². The van der Waals surface area contributed by atoms with E-state index in [1.54, 1.807) is 30.3 Å². The summed E-state index contributed by atoms with van der Waals surface area (Å²) in [6, 6.07) is 15.7. The molecule has 0 aliphatic carbocycles. The minimum atomic E-state index is -1.34. The molecule has 4 rings (SSSR count). The van der Waals surface area contributed by atoms with Gasteiger partial charge in [-0.2, -0.15) is 0 Å². The molecule has 3 aromatic rings. The van der Waals surface area contributed by atoms with Crippen molar-refractivity contribution >= 4 is 34.4 Å². The highest BCUT2D eigenvalue weighted by Crippen LogP contribution is 2.33. The number of hydrogen-bond acceptors (Lipinski definition) is 4. The Morgan fingerprint density at radius 2 is 1.86 bits per heavy atom. The minimum Gasteiger partial charge on any atom is -0.497 e. The zero-order chi connectivity index (χ0) is 19.8. The van der Waals surface area contributed by atoms with Crippen LogP contribution in [-0.4, -0.2) is 41.1 Å². The van der Waals surface area contributed by atoms with Crippen LogP contribution >= 0.6 is 0 Å². The Balaban J connectivity index is 1.60. The summed E-state index contributed by atoms with van der Waals surface area (Å²) in [5, 5.41) is 12.9. The SMILES string of the molecule is COc1ccc(N2C(=O)C(C(=O)O)C2NC(=O)c2cc3ccccc3[nH]2)cc1. The van der Waals surface area contributed by atoms with E-state index in [1.165, 1.54) is 12.0 Å². The summed E-state index contributed by atoms with van der Waals surface area (Å²) >= 11 is 0. The largest absolute Gasteiger partial charge is 0.497 e. The van der Waals surface area contributed by atoms with E-state index in [9.17, 15) is 19.5 Å². The number of amides is 2. The van der Waals surface area contributed by atoms with Gasteiger partial charge in [0.05, 0.1) is 7.11 Å². The molecule has 142 valence electrons. The number of hydrogen-bond donors (Lipinski definition) is 3. The number of carboxylic acid groups (broad SMARTS) is 1. The number of aromatic nitrogens is 1. The smallest absolute Gasteiger partial charge is 0.320 e. The van der Waals surface area contributed by atoms with Crippen LogP contribution in [0.15, 0.2) is 54.6 Å². The number of aromatic amines is 1. The summed E-state index contributed by atoms with van der Waals surface area (Å²) in [5.41, 5.74) is 1.56. The van der Waals surface area contributed by atoms with E-state index in [2.05, 4.69) is 10.3 Å². The van der Waals surface area contributed by atoms with Crippen LogP contribution in [-0.2, 0) is 9.59 Å². The number of anilines is 1. The van der Waals surface area contributed by atoms with Gasteiger partial charge in [-0.25, -0.2) is 0 Å². The van der Waals surface area contributed by atoms with Crippen molar-refractivity contribution in [2.24, 2.45) is 5.92 Å². The first-order chi connectivity index (χ1) is 13.5. The molecular weight excluding hydrogens is 362 g/mol. The van der Waals surface area contributed by atoms with Gasteiger partial charge >= 0.3 is 5.97 Å². The molecule has 8 nitrogen and oxygen atoms in total. The molecule has 1 aromatic heterocycles. The van der Waals surface area contributed by atoms with E-state index in [-0.39, 0.29) is 0 Å². The molecule has 0 bridgehead atoms. The number of H-pyrrole nitrogens is 1. The predicted molar refractivity (Wildman–Crippen MR) is 101 cm³/mol. The normalized spacial score (nSPS) is 18.6. The third-order valence-corrected chi connectivity index (χ3v) is 4.77. The average Bonchev–Trinajstić information content (AvgIpc) is 3.12. The van der Waals surface area contributed by atoms with Crippen LogP contribution in [0.2, 0.25) is 0 Å². The first kappa shape index (κ1) is 17.6. The van der Waals surface area contributed by atoms with Crippen molar-refractivity contribution in [1.82, 2.24) is 10.3 Å². The van der Waals surface area contributed by atoms with Crippen LogP contribution in [0, 0.1) is 5.92 Å². The highest BCUT2D eigenvalue weighted by Gasteiger charge is 2.53. The summed E-state index contributed by atoms with van der Waals surface area (Å²) in [5.74, 6) is -3.09. The Morgan fingerprint density at radius 3 is 2.50 bits per heavy atom. The number of fused-ring (bicyclic) bond motifs is 1. The Labute approximate surface area is 159 Å². The lowest BCUT2D eigenvalue weighted by Gasteiger charge is -2.44. The van der Waals surface area contributed by atoms with Crippen molar-refractivity contribution in [2.45, 2.75) is 6.17 Å². The van der Waals surface area contributed by atoms with E-state index >= 15 is 0 Å². The Morgan fingerprint density at radius 1 is 1.14 bits per heavy atom. The van der Waals surface area contributed by atoms with Crippen molar-refractivity contribution in [3.8, 4) is 5.75 Å². The quantitative estimate of drug-likeness (QED) is 0.464. The first-order valence-corrected chi connectivity index (χ1v) is 8.58. The summed E-state index contributed by atoms with van der Waals surface area (Å²) in [6.45, 7) is 0. The van der Waals surface area contributed by atoms with Gasteiger partial charge in [-0.3, -0.25) is 19.3 Å². The predicted octanol–water partition coefficient (Wildman–Crippen LogP) is 1.98. The molecule has 2 atom stereocenters. The summed E-state index contributed by atoms with van der Waals surface area (Å²) in [7, 11) is 1.52. The van der Waals surface area contributed by atoms with Gasteiger partial charge in [0.15, 0.2) is 5.92 Å². The number of carboxylic acids is 1.